The van der Waals surface area contributed by atoms with Gasteiger partial charge in [0.2, 0.25) is 0 Å². The van der Waals surface area contributed by atoms with Crippen LogP contribution in [0.2, 0.25) is 0 Å². The molecule has 0 saturated carbocycles. The maximum absolute atomic E-state index is 5.30. The molecule has 0 spiro atoms. The Morgan fingerprint density at radius 1 is 1.57 bits per heavy atom. The molecular formula is C10H17N3O. The van der Waals surface area contributed by atoms with E-state index in [1.54, 1.807) is 0 Å². The van der Waals surface area contributed by atoms with Crippen LogP contribution in [0.15, 0.2) is 6.20 Å². The third kappa shape index (κ3) is 2.33. The second-order valence-corrected chi connectivity index (χ2v) is 3.79. The van der Waals surface area contributed by atoms with Gasteiger partial charge >= 0.3 is 0 Å². The molecular weight excluding hydrogens is 178 g/mol. The molecule has 4 nitrogen and oxygen atoms in total. The lowest BCUT2D eigenvalue weighted by atomic mass is 10.1. The van der Waals surface area contributed by atoms with Crippen LogP contribution in [0.1, 0.15) is 24.1 Å². The van der Waals surface area contributed by atoms with Gasteiger partial charge in [0, 0.05) is 37.1 Å². The molecule has 14 heavy (non-hydrogen) atoms. The summed E-state index contributed by atoms with van der Waals surface area (Å²) >= 11 is 0. The van der Waals surface area contributed by atoms with E-state index in [2.05, 4.69) is 15.5 Å². The maximum atomic E-state index is 5.30. The van der Waals surface area contributed by atoms with Crippen molar-refractivity contribution in [2.75, 3.05) is 13.2 Å². The van der Waals surface area contributed by atoms with Gasteiger partial charge in [0.05, 0.1) is 6.20 Å². The van der Waals surface area contributed by atoms with E-state index in [4.69, 9.17) is 4.74 Å². The van der Waals surface area contributed by atoms with Gasteiger partial charge in [-0.15, -0.1) is 0 Å². The van der Waals surface area contributed by atoms with Crippen LogP contribution in [-0.4, -0.2) is 29.5 Å². The third-order valence-electron chi connectivity index (χ3n) is 2.74. The van der Waals surface area contributed by atoms with Crippen molar-refractivity contribution >= 4 is 0 Å². The minimum absolute atomic E-state index is 0.609. The molecule has 4 heteroatoms. The molecule has 1 fully saturated rings. The monoisotopic (exact) mass is 195 g/mol. The highest BCUT2D eigenvalue weighted by atomic mass is 16.5. The number of aromatic nitrogens is 2. The molecule has 0 bridgehead atoms. The van der Waals surface area contributed by atoms with Crippen LogP contribution in [0.3, 0.4) is 0 Å². The van der Waals surface area contributed by atoms with Crippen molar-refractivity contribution in [3.8, 4) is 0 Å². The maximum Gasteiger partial charge on any atom is 0.0535 e. The van der Waals surface area contributed by atoms with Crippen molar-refractivity contribution < 1.29 is 4.74 Å². The first kappa shape index (κ1) is 9.68. The number of nitrogens with one attached hydrogen (secondary N) is 2. The van der Waals surface area contributed by atoms with Crippen LogP contribution in [-0.2, 0) is 11.3 Å². The fraction of sp³-hybridized carbons (Fsp3) is 0.700. The van der Waals surface area contributed by atoms with Gasteiger partial charge in [0.25, 0.3) is 0 Å². The zero-order chi connectivity index (χ0) is 9.80. The molecule has 0 amide bonds. The average Bonchev–Trinajstić information content (AvgIpc) is 2.63. The lowest BCUT2D eigenvalue weighted by Crippen LogP contribution is -2.34. The number of ether oxygens (including phenoxy) is 1. The summed E-state index contributed by atoms with van der Waals surface area (Å²) in [6.07, 6.45) is 4.13. The summed E-state index contributed by atoms with van der Waals surface area (Å²) in [6.45, 7) is 4.74. The molecule has 1 aromatic heterocycles. The molecule has 2 N–H and O–H groups in total. The molecule has 1 aliphatic heterocycles. The van der Waals surface area contributed by atoms with E-state index in [1.807, 2.05) is 13.1 Å². The molecule has 1 aromatic rings. The van der Waals surface area contributed by atoms with E-state index >= 15 is 0 Å². The van der Waals surface area contributed by atoms with Crippen LogP contribution in [0, 0.1) is 6.92 Å². The van der Waals surface area contributed by atoms with Crippen LogP contribution in [0.5, 0.6) is 0 Å². The Balaban J connectivity index is 1.79. The Hall–Kier alpha value is -0.870. The summed E-state index contributed by atoms with van der Waals surface area (Å²) in [4.78, 5) is 0. The number of aryl methyl sites for hydroxylation is 1. The Morgan fingerprint density at radius 2 is 2.36 bits per heavy atom. The quantitative estimate of drug-likeness (QED) is 0.756. The van der Waals surface area contributed by atoms with Crippen molar-refractivity contribution in [1.82, 2.24) is 15.5 Å². The lowest BCUT2D eigenvalue weighted by Gasteiger charge is -2.23. The zero-order valence-electron chi connectivity index (χ0n) is 8.55. The minimum atomic E-state index is 0.609. The van der Waals surface area contributed by atoms with Gasteiger partial charge in [-0.25, -0.2) is 0 Å². The van der Waals surface area contributed by atoms with Gasteiger partial charge < -0.3 is 10.1 Å². The molecule has 0 unspecified atom stereocenters. The number of rotatable bonds is 3. The Morgan fingerprint density at radius 3 is 3.00 bits per heavy atom. The number of nitrogens with zero attached hydrogens (tertiary/aromatic N) is 1. The number of hydrogen-bond acceptors (Lipinski definition) is 3. The first-order valence-electron chi connectivity index (χ1n) is 5.16. The SMILES string of the molecule is Cc1[nH]ncc1CNC1CCOCC1. The van der Waals surface area contributed by atoms with Crippen LogP contribution >= 0.6 is 0 Å². The highest BCUT2D eigenvalue weighted by Gasteiger charge is 2.13. The van der Waals surface area contributed by atoms with Crippen LogP contribution in [0.4, 0.5) is 0 Å². The first-order chi connectivity index (χ1) is 6.86. The number of aromatic amines is 1. The highest BCUT2D eigenvalue weighted by Crippen LogP contribution is 2.08. The van der Waals surface area contributed by atoms with E-state index in [0.717, 1.165) is 38.3 Å². The van der Waals surface area contributed by atoms with Crippen LogP contribution in [0.25, 0.3) is 0 Å². The van der Waals surface area contributed by atoms with E-state index in [1.165, 1.54) is 5.56 Å². The van der Waals surface area contributed by atoms with Crippen molar-refractivity contribution in [1.29, 1.82) is 0 Å². The second kappa shape index (κ2) is 4.57. The molecule has 0 atom stereocenters. The van der Waals surface area contributed by atoms with E-state index in [-0.39, 0.29) is 0 Å². The van der Waals surface area contributed by atoms with Gasteiger partial charge in [0.15, 0.2) is 0 Å². The highest BCUT2D eigenvalue weighted by molar-refractivity contribution is 5.13. The Kier molecular flexibility index (Phi) is 3.16. The topological polar surface area (TPSA) is 49.9 Å². The standard InChI is InChI=1S/C10H17N3O/c1-8-9(7-12-13-8)6-11-10-2-4-14-5-3-10/h7,10-11H,2-6H2,1H3,(H,12,13). The fourth-order valence-electron chi connectivity index (χ4n) is 1.71. The normalized spacial score (nSPS) is 18.6. The molecule has 0 aromatic carbocycles. The predicted molar refractivity (Wildman–Crippen MR) is 54.0 cm³/mol. The first-order valence-corrected chi connectivity index (χ1v) is 5.16. The van der Waals surface area contributed by atoms with Crippen molar-refractivity contribution in [2.45, 2.75) is 32.4 Å². The zero-order valence-corrected chi connectivity index (χ0v) is 8.55. The summed E-state index contributed by atoms with van der Waals surface area (Å²) in [5.74, 6) is 0. The van der Waals surface area contributed by atoms with E-state index in [0.29, 0.717) is 6.04 Å². The molecule has 78 valence electrons. The van der Waals surface area contributed by atoms with Gasteiger partial charge in [-0.05, 0) is 19.8 Å². The van der Waals surface area contributed by atoms with E-state index < -0.39 is 0 Å². The molecule has 0 radical (unpaired) electrons. The number of H-pyrrole nitrogens is 1. The van der Waals surface area contributed by atoms with E-state index in [9.17, 15) is 0 Å². The second-order valence-electron chi connectivity index (χ2n) is 3.79. The third-order valence-corrected chi connectivity index (χ3v) is 2.74. The van der Waals surface area contributed by atoms with Gasteiger partial charge in [-0.1, -0.05) is 0 Å². The number of hydrogen-bond donors (Lipinski definition) is 2. The summed E-state index contributed by atoms with van der Waals surface area (Å²) in [5, 5.41) is 10.5. The molecule has 1 saturated heterocycles. The Bertz CT molecular complexity index is 279. The van der Waals surface area contributed by atoms with Gasteiger partial charge in [-0.2, -0.15) is 5.10 Å². The van der Waals surface area contributed by atoms with Crippen molar-refractivity contribution in [2.24, 2.45) is 0 Å². The largest absolute Gasteiger partial charge is 0.381 e. The summed E-state index contributed by atoms with van der Waals surface area (Å²) in [5.41, 5.74) is 2.42. The minimum Gasteiger partial charge on any atom is -0.381 e. The summed E-state index contributed by atoms with van der Waals surface area (Å²) in [7, 11) is 0. The van der Waals surface area contributed by atoms with Gasteiger partial charge in [0.1, 0.15) is 0 Å². The van der Waals surface area contributed by atoms with Crippen molar-refractivity contribution in [3.63, 3.8) is 0 Å². The summed E-state index contributed by atoms with van der Waals surface area (Å²) in [6, 6.07) is 0.609. The lowest BCUT2D eigenvalue weighted by molar-refractivity contribution is 0.0776. The molecule has 0 aliphatic carbocycles. The Labute approximate surface area is 84.0 Å². The molecule has 1 aliphatic rings. The average molecular weight is 195 g/mol. The molecule has 2 heterocycles. The fourth-order valence-corrected chi connectivity index (χ4v) is 1.71. The molecule has 2 rings (SSSR count). The predicted octanol–water partition coefficient (Wildman–Crippen LogP) is 0.987. The smallest absolute Gasteiger partial charge is 0.0535 e. The van der Waals surface area contributed by atoms with Gasteiger partial charge in [-0.3, -0.25) is 5.10 Å². The van der Waals surface area contributed by atoms with Crippen molar-refractivity contribution in [3.05, 3.63) is 17.5 Å². The van der Waals surface area contributed by atoms with Crippen LogP contribution < -0.4 is 5.32 Å². The summed E-state index contributed by atoms with van der Waals surface area (Å²) < 4.78 is 5.30.